The Morgan fingerprint density at radius 3 is 2.29 bits per heavy atom. The molecule has 8 heteroatoms. The van der Waals surface area contributed by atoms with Crippen LogP contribution in [0.5, 0.6) is 5.75 Å². The van der Waals surface area contributed by atoms with Crippen molar-refractivity contribution >= 4 is 21.4 Å². The normalized spacial score (nSPS) is 11.2. The van der Waals surface area contributed by atoms with Crippen molar-refractivity contribution in [3.8, 4) is 5.75 Å². The molecule has 0 saturated carbocycles. The summed E-state index contributed by atoms with van der Waals surface area (Å²) >= 11 is 0. The van der Waals surface area contributed by atoms with Gasteiger partial charge in [0.15, 0.2) is 0 Å². The van der Waals surface area contributed by atoms with E-state index < -0.39 is 27.3 Å². The van der Waals surface area contributed by atoms with Gasteiger partial charge in [-0.3, -0.25) is 4.72 Å². The summed E-state index contributed by atoms with van der Waals surface area (Å²) in [5.74, 6) is -1.54. The maximum atomic E-state index is 13.6. The van der Waals surface area contributed by atoms with Crippen molar-refractivity contribution in [2.45, 2.75) is 4.90 Å². The van der Waals surface area contributed by atoms with Crippen LogP contribution in [0.15, 0.2) is 41.3 Å². The second-order valence-electron chi connectivity index (χ2n) is 4.13. The number of anilines is 2. The second kappa shape index (κ2) is 5.57. The first-order chi connectivity index (χ1) is 9.83. The van der Waals surface area contributed by atoms with Crippen LogP contribution in [0, 0.1) is 11.6 Å². The second-order valence-corrected chi connectivity index (χ2v) is 5.82. The topological polar surface area (TPSA) is 81.4 Å². The minimum Gasteiger partial charge on any atom is -0.497 e. The van der Waals surface area contributed by atoms with Gasteiger partial charge in [0, 0.05) is 6.07 Å². The molecule has 0 amide bonds. The molecular weight excluding hydrogens is 302 g/mol. The summed E-state index contributed by atoms with van der Waals surface area (Å²) in [6.07, 6.45) is 0. The van der Waals surface area contributed by atoms with Gasteiger partial charge in [-0.05, 0) is 30.3 Å². The number of ether oxygens (including phenoxy) is 1. The maximum absolute atomic E-state index is 13.6. The van der Waals surface area contributed by atoms with Gasteiger partial charge in [-0.25, -0.2) is 17.2 Å². The third-order valence-electron chi connectivity index (χ3n) is 2.70. The third kappa shape index (κ3) is 3.22. The lowest BCUT2D eigenvalue weighted by molar-refractivity contribution is 0.414. The lowest BCUT2D eigenvalue weighted by Gasteiger charge is -2.10. The molecule has 0 saturated heterocycles. The number of nitrogen functional groups attached to an aromatic ring is 1. The monoisotopic (exact) mass is 314 g/mol. The third-order valence-corrected chi connectivity index (χ3v) is 4.08. The molecule has 0 spiro atoms. The number of nitrogens with two attached hydrogens (primary N) is 1. The zero-order valence-corrected chi connectivity index (χ0v) is 11.7. The summed E-state index contributed by atoms with van der Waals surface area (Å²) in [6, 6.07) is 6.89. The van der Waals surface area contributed by atoms with Crippen molar-refractivity contribution < 1.29 is 21.9 Å². The molecule has 0 unspecified atom stereocenters. The van der Waals surface area contributed by atoms with E-state index in [4.69, 9.17) is 10.5 Å². The van der Waals surface area contributed by atoms with E-state index in [-0.39, 0.29) is 10.6 Å². The number of nitrogens with one attached hydrogen (secondary N) is 1. The predicted octanol–water partition coefficient (Wildman–Crippen LogP) is 2.36. The summed E-state index contributed by atoms with van der Waals surface area (Å²) < 4.78 is 57.7. The van der Waals surface area contributed by atoms with E-state index in [0.29, 0.717) is 11.8 Å². The van der Waals surface area contributed by atoms with Gasteiger partial charge in [-0.15, -0.1) is 0 Å². The zero-order valence-electron chi connectivity index (χ0n) is 10.9. The van der Waals surface area contributed by atoms with Crippen LogP contribution in [0.3, 0.4) is 0 Å². The standard InChI is InChI=1S/C13H12F2N2O3S/c1-20-8-2-4-9(5-3-8)21(18,19)17-13-7-12(16)10(14)6-11(13)15/h2-7,17H,16H2,1H3. The minimum absolute atomic E-state index is 0.0920. The Labute approximate surface area is 120 Å². The van der Waals surface area contributed by atoms with Crippen LogP contribution < -0.4 is 15.2 Å². The molecule has 5 nitrogen and oxygen atoms in total. The van der Waals surface area contributed by atoms with Crippen molar-refractivity contribution in [2.75, 3.05) is 17.6 Å². The molecule has 3 N–H and O–H groups in total. The highest BCUT2D eigenvalue weighted by atomic mass is 32.2. The van der Waals surface area contributed by atoms with Gasteiger partial charge >= 0.3 is 0 Å². The van der Waals surface area contributed by atoms with Crippen molar-refractivity contribution in [3.05, 3.63) is 48.0 Å². The molecule has 0 aliphatic heterocycles. The number of rotatable bonds is 4. The van der Waals surface area contributed by atoms with Gasteiger partial charge < -0.3 is 10.5 Å². The number of hydrogen-bond acceptors (Lipinski definition) is 4. The molecule has 2 rings (SSSR count). The summed E-state index contributed by atoms with van der Waals surface area (Å²) in [6.45, 7) is 0. The van der Waals surface area contributed by atoms with Gasteiger partial charge in [0.1, 0.15) is 17.4 Å². The van der Waals surface area contributed by atoms with E-state index in [1.165, 1.54) is 31.4 Å². The number of halogens is 2. The largest absolute Gasteiger partial charge is 0.497 e. The average molecular weight is 314 g/mol. The summed E-state index contributed by atoms with van der Waals surface area (Å²) in [7, 11) is -2.57. The van der Waals surface area contributed by atoms with Crippen molar-refractivity contribution in [1.82, 2.24) is 0 Å². The number of sulfonamides is 1. The fourth-order valence-electron chi connectivity index (χ4n) is 1.60. The number of benzene rings is 2. The molecule has 2 aromatic carbocycles. The molecular formula is C13H12F2N2O3S. The Morgan fingerprint density at radius 2 is 1.71 bits per heavy atom. The molecule has 112 valence electrons. The smallest absolute Gasteiger partial charge is 0.261 e. The summed E-state index contributed by atoms with van der Waals surface area (Å²) in [4.78, 5) is -0.0920. The van der Waals surface area contributed by atoms with Crippen LogP contribution in [0.4, 0.5) is 20.2 Å². The average Bonchev–Trinajstić information content (AvgIpc) is 2.44. The predicted molar refractivity (Wildman–Crippen MR) is 74.6 cm³/mol. The molecule has 0 fully saturated rings. The van der Waals surface area contributed by atoms with Gasteiger partial charge in [0.05, 0.1) is 23.4 Å². The molecule has 0 aliphatic rings. The Morgan fingerprint density at radius 1 is 1.10 bits per heavy atom. The van der Waals surface area contributed by atoms with Crippen LogP contribution in [0.25, 0.3) is 0 Å². The first-order valence-corrected chi connectivity index (χ1v) is 7.23. The molecule has 21 heavy (non-hydrogen) atoms. The lowest BCUT2D eigenvalue weighted by atomic mass is 10.2. The van der Waals surface area contributed by atoms with Gasteiger partial charge in [-0.1, -0.05) is 0 Å². The highest BCUT2D eigenvalue weighted by molar-refractivity contribution is 7.92. The molecule has 0 aliphatic carbocycles. The Kier molecular flexibility index (Phi) is 3.99. The van der Waals surface area contributed by atoms with E-state index in [1.807, 2.05) is 4.72 Å². The van der Waals surface area contributed by atoms with Crippen LogP contribution in [-0.4, -0.2) is 15.5 Å². The first-order valence-electron chi connectivity index (χ1n) is 5.75. The Balaban J connectivity index is 2.34. The number of hydrogen-bond donors (Lipinski definition) is 2. The van der Waals surface area contributed by atoms with Crippen molar-refractivity contribution in [2.24, 2.45) is 0 Å². The highest BCUT2D eigenvalue weighted by Gasteiger charge is 2.17. The van der Waals surface area contributed by atoms with E-state index >= 15 is 0 Å². The molecule has 0 heterocycles. The van der Waals surface area contributed by atoms with Crippen LogP contribution in [0.1, 0.15) is 0 Å². The summed E-state index contributed by atoms with van der Waals surface area (Å²) in [5, 5.41) is 0. The first kappa shape index (κ1) is 15.0. The quantitative estimate of drug-likeness (QED) is 0.849. The molecule has 2 aromatic rings. The van der Waals surface area contributed by atoms with Crippen molar-refractivity contribution in [3.63, 3.8) is 0 Å². The lowest BCUT2D eigenvalue weighted by Crippen LogP contribution is -2.14. The van der Waals surface area contributed by atoms with Gasteiger partial charge in [0.2, 0.25) is 0 Å². The molecule has 0 atom stereocenters. The fraction of sp³-hybridized carbons (Fsp3) is 0.0769. The van der Waals surface area contributed by atoms with E-state index in [9.17, 15) is 17.2 Å². The van der Waals surface area contributed by atoms with Gasteiger partial charge in [-0.2, -0.15) is 0 Å². The Bertz CT molecular complexity index is 762. The van der Waals surface area contributed by atoms with Gasteiger partial charge in [0.25, 0.3) is 10.0 Å². The SMILES string of the molecule is COc1ccc(S(=O)(=O)Nc2cc(N)c(F)cc2F)cc1. The summed E-state index contributed by atoms with van der Waals surface area (Å²) in [5.41, 5.74) is 4.51. The highest BCUT2D eigenvalue weighted by Crippen LogP contribution is 2.24. The van der Waals surface area contributed by atoms with Crippen molar-refractivity contribution in [1.29, 1.82) is 0 Å². The molecule has 0 radical (unpaired) electrons. The van der Waals surface area contributed by atoms with Crippen LogP contribution in [-0.2, 0) is 10.0 Å². The van der Waals surface area contributed by atoms with Crippen LogP contribution >= 0.6 is 0 Å². The maximum Gasteiger partial charge on any atom is 0.261 e. The van der Waals surface area contributed by atoms with E-state index in [2.05, 4.69) is 0 Å². The number of methoxy groups -OCH3 is 1. The van der Waals surface area contributed by atoms with E-state index in [1.54, 1.807) is 0 Å². The zero-order chi connectivity index (χ0) is 15.6. The molecule has 0 bridgehead atoms. The minimum atomic E-state index is -4.01. The fourth-order valence-corrected chi connectivity index (χ4v) is 2.66. The Hall–Kier alpha value is -2.35. The van der Waals surface area contributed by atoms with Crippen LogP contribution in [0.2, 0.25) is 0 Å². The molecule has 0 aromatic heterocycles. The van der Waals surface area contributed by atoms with E-state index in [0.717, 1.165) is 6.07 Å².